The Labute approximate surface area is 113 Å². The molecule has 1 aromatic carbocycles. The Morgan fingerprint density at radius 1 is 1.56 bits per heavy atom. The molecule has 1 amide bonds. The second kappa shape index (κ2) is 7.05. The predicted octanol–water partition coefficient (Wildman–Crippen LogP) is 1.74. The number of terminal acetylenes is 1. The van der Waals surface area contributed by atoms with Gasteiger partial charge in [0, 0.05) is 17.5 Å². The average molecular weight is 265 g/mol. The molecule has 0 heterocycles. The maximum absolute atomic E-state index is 11.7. The van der Waals surface area contributed by atoms with Crippen molar-refractivity contribution in [3.8, 4) is 12.3 Å². The fourth-order valence-electron chi connectivity index (χ4n) is 1.61. The summed E-state index contributed by atoms with van der Waals surface area (Å²) >= 11 is 6.05. The molecule has 0 aliphatic heterocycles. The van der Waals surface area contributed by atoms with Crippen LogP contribution < -0.4 is 11.1 Å². The Bertz CT molecular complexity index is 453. The molecule has 0 fully saturated rings. The lowest BCUT2D eigenvalue weighted by Crippen LogP contribution is -2.44. The van der Waals surface area contributed by atoms with Crippen LogP contribution in [-0.2, 0) is 11.2 Å². The minimum atomic E-state index is -0.649. The summed E-state index contributed by atoms with van der Waals surface area (Å²) in [6.07, 6.45) is 6.02. The lowest BCUT2D eigenvalue weighted by atomic mass is 10.1. The normalized spacial score (nSPS) is 13.4. The summed E-state index contributed by atoms with van der Waals surface area (Å²) in [5.74, 6) is 2.14. The van der Waals surface area contributed by atoms with Gasteiger partial charge >= 0.3 is 0 Å². The summed E-state index contributed by atoms with van der Waals surface area (Å²) in [4.78, 5) is 11.7. The number of carbonyl (C=O) groups excluding carboxylic acids is 1. The van der Waals surface area contributed by atoms with E-state index in [0.717, 1.165) is 5.56 Å². The fourth-order valence-corrected chi connectivity index (χ4v) is 1.83. The number of amides is 1. The largest absolute Gasteiger partial charge is 0.352 e. The SMILES string of the molecule is C#CCC(N)C(=O)NC(C)Cc1ccccc1Cl. The third kappa shape index (κ3) is 4.40. The molecule has 18 heavy (non-hydrogen) atoms. The zero-order valence-electron chi connectivity index (χ0n) is 10.3. The lowest BCUT2D eigenvalue weighted by Gasteiger charge is -2.17. The van der Waals surface area contributed by atoms with Crippen LogP contribution in [0.3, 0.4) is 0 Å². The minimum Gasteiger partial charge on any atom is -0.352 e. The Hall–Kier alpha value is -1.50. The van der Waals surface area contributed by atoms with E-state index in [-0.39, 0.29) is 18.4 Å². The van der Waals surface area contributed by atoms with Crippen LogP contribution in [0.1, 0.15) is 18.9 Å². The molecule has 3 N–H and O–H groups in total. The van der Waals surface area contributed by atoms with E-state index in [1.807, 2.05) is 31.2 Å². The van der Waals surface area contributed by atoms with Crippen LogP contribution in [0.25, 0.3) is 0 Å². The van der Waals surface area contributed by atoms with Crippen LogP contribution >= 0.6 is 11.6 Å². The number of halogens is 1. The van der Waals surface area contributed by atoms with Crippen LogP contribution in [0.2, 0.25) is 5.02 Å². The number of hydrogen-bond donors (Lipinski definition) is 2. The van der Waals surface area contributed by atoms with Crippen molar-refractivity contribution in [1.82, 2.24) is 5.32 Å². The Morgan fingerprint density at radius 3 is 2.83 bits per heavy atom. The molecule has 0 aromatic heterocycles. The number of nitrogens with two attached hydrogens (primary N) is 1. The van der Waals surface area contributed by atoms with E-state index in [1.165, 1.54) is 0 Å². The molecule has 0 bridgehead atoms. The van der Waals surface area contributed by atoms with Gasteiger partial charge < -0.3 is 11.1 Å². The first kappa shape index (κ1) is 14.6. The Kier molecular flexibility index (Phi) is 5.70. The quantitative estimate of drug-likeness (QED) is 0.796. The standard InChI is InChI=1S/C14H17ClN2O/c1-3-6-13(16)14(18)17-10(2)9-11-7-4-5-8-12(11)15/h1,4-5,7-8,10,13H,6,9,16H2,2H3,(H,17,18). The summed E-state index contributed by atoms with van der Waals surface area (Å²) in [6.45, 7) is 1.91. The highest BCUT2D eigenvalue weighted by molar-refractivity contribution is 6.31. The summed E-state index contributed by atoms with van der Waals surface area (Å²) in [5.41, 5.74) is 6.62. The summed E-state index contributed by atoms with van der Waals surface area (Å²) in [5, 5.41) is 3.52. The minimum absolute atomic E-state index is 0.0405. The molecule has 2 atom stereocenters. The van der Waals surface area contributed by atoms with Crippen molar-refractivity contribution in [3.05, 3.63) is 34.9 Å². The number of hydrogen-bond acceptors (Lipinski definition) is 2. The second-order valence-corrected chi connectivity index (χ2v) is 4.63. The molecular formula is C14H17ClN2O. The van der Waals surface area contributed by atoms with E-state index in [0.29, 0.717) is 11.4 Å². The van der Waals surface area contributed by atoms with Gasteiger partial charge in [-0.2, -0.15) is 0 Å². The van der Waals surface area contributed by atoms with E-state index in [2.05, 4.69) is 11.2 Å². The molecule has 0 saturated carbocycles. The summed E-state index contributed by atoms with van der Waals surface area (Å²) in [6, 6.07) is 6.87. The smallest absolute Gasteiger partial charge is 0.238 e. The van der Waals surface area contributed by atoms with Gasteiger partial charge in [0.15, 0.2) is 0 Å². The molecule has 1 rings (SSSR count). The van der Waals surface area contributed by atoms with Crippen molar-refractivity contribution in [2.45, 2.75) is 31.8 Å². The van der Waals surface area contributed by atoms with Gasteiger partial charge in [0.1, 0.15) is 0 Å². The van der Waals surface area contributed by atoms with Crippen molar-refractivity contribution >= 4 is 17.5 Å². The first-order valence-electron chi connectivity index (χ1n) is 5.77. The van der Waals surface area contributed by atoms with E-state index in [1.54, 1.807) is 0 Å². The first-order valence-corrected chi connectivity index (χ1v) is 6.15. The van der Waals surface area contributed by atoms with Gasteiger partial charge in [-0.25, -0.2) is 0 Å². The first-order chi connectivity index (χ1) is 8.54. The summed E-state index contributed by atoms with van der Waals surface area (Å²) < 4.78 is 0. The van der Waals surface area contributed by atoms with E-state index in [4.69, 9.17) is 23.8 Å². The molecule has 0 spiro atoms. The molecule has 0 radical (unpaired) electrons. The van der Waals surface area contributed by atoms with Crippen LogP contribution in [0.15, 0.2) is 24.3 Å². The topological polar surface area (TPSA) is 55.1 Å². The molecule has 4 heteroatoms. The maximum Gasteiger partial charge on any atom is 0.238 e. The number of nitrogens with one attached hydrogen (secondary N) is 1. The third-order valence-electron chi connectivity index (χ3n) is 2.55. The monoisotopic (exact) mass is 264 g/mol. The maximum atomic E-state index is 11.7. The van der Waals surface area contributed by atoms with Crippen molar-refractivity contribution in [2.24, 2.45) is 5.73 Å². The van der Waals surface area contributed by atoms with Gasteiger partial charge in [-0.3, -0.25) is 4.79 Å². The van der Waals surface area contributed by atoms with E-state index < -0.39 is 6.04 Å². The number of carbonyl (C=O) groups is 1. The molecule has 3 nitrogen and oxygen atoms in total. The average Bonchev–Trinajstić information content (AvgIpc) is 2.32. The van der Waals surface area contributed by atoms with Crippen molar-refractivity contribution in [3.63, 3.8) is 0 Å². The van der Waals surface area contributed by atoms with Crippen LogP contribution in [0.4, 0.5) is 0 Å². The van der Waals surface area contributed by atoms with Crippen LogP contribution in [0.5, 0.6) is 0 Å². The predicted molar refractivity (Wildman–Crippen MR) is 74.2 cm³/mol. The molecule has 0 aliphatic rings. The van der Waals surface area contributed by atoms with Gasteiger partial charge in [-0.1, -0.05) is 29.8 Å². The molecule has 1 aromatic rings. The lowest BCUT2D eigenvalue weighted by molar-refractivity contribution is -0.122. The second-order valence-electron chi connectivity index (χ2n) is 4.22. The summed E-state index contributed by atoms with van der Waals surface area (Å²) in [7, 11) is 0. The highest BCUT2D eigenvalue weighted by atomic mass is 35.5. The van der Waals surface area contributed by atoms with Gasteiger partial charge in [-0.05, 0) is 25.0 Å². The van der Waals surface area contributed by atoms with Gasteiger partial charge in [0.25, 0.3) is 0 Å². The molecular weight excluding hydrogens is 248 g/mol. The van der Waals surface area contributed by atoms with E-state index >= 15 is 0 Å². The van der Waals surface area contributed by atoms with E-state index in [9.17, 15) is 4.79 Å². The zero-order valence-corrected chi connectivity index (χ0v) is 11.1. The Balaban J connectivity index is 2.52. The highest BCUT2D eigenvalue weighted by Gasteiger charge is 2.15. The van der Waals surface area contributed by atoms with Crippen molar-refractivity contribution in [2.75, 3.05) is 0 Å². The molecule has 2 unspecified atom stereocenters. The Morgan fingerprint density at radius 2 is 2.22 bits per heavy atom. The van der Waals surface area contributed by atoms with Crippen molar-refractivity contribution < 1.29 is 4.79 Å². The van der Waals surface area contributed by atoms with Gasteiger partial charge in [0.05, 0.1) is 6.04 Å². The van der Waals surface area contributed by atoms with Crippen molar-refractivity contribution in [1.29, 1.82) is 0 Å². The molecule has 0 saturated heterocycles. The van der Waals surface area contributed by atoms with Gasteiger partial charge in [0.2, 0.25) is 5.91 Å². The third-order valence-corrected chi connectivity index (χ3v) is 2.92. The fraction of sp³-hybridized carbons (Fsp3) is 0.357. The van der Waals surface area contributed by atoms with Crippen LogP contribution in [-0.4, -0.2) is 18.0 Å². The zero-order chi connectivity index (χ0) is 13.5. The molecule has 0 aliphatic carbocycles. The highest BCUT2D eigenvalue weighted by Crippen LogP contribution is 2.16. The van der Waals surface area contributed by atoms with Gasteiger partial charge in [-0.15, -0.1) is 12.3 Å². The number of benzene rings is 1. The molecule has 96 valence electrons. The van der Waals surface area contributed by atoms with Crippen LogP contribution in [0, 0.1) is 12.3 Å². The number of rotatable bonds is 5.